The molecule has 0 fully saturated rings. The lowest BCUT2D eigenvalue weighted by Gasteiger charge is -2.11. The molecule has 0 saturated carbocycles. The van der Waals surface area contributed by atoms with Crippen molar-refractivity contribution in [1.29, 1.82) is 0 Å². The molecule has 1 amide bonds. The van der Waals surface area contributed by atoms with E-state index in [0.717, 1.165) is 5.56 Å². The number of aromatic nitrogens is 2. The lowest BCUT2D eigenvalue weighted by atomic mass is 10.1. The molecule has 0 aliphatic carbocycles. The molecule has 148 valence electrons. The Morgan fingerprint density at radius 2 is 1.90 bits per heavy atom. The molecule has 8 nitrogen and oxygen atoms in total. The quantitative estimate of drug-likeness (QED) is 0.509. The Morgan fingerprint density at radius 3 is 2.59 bits per heavy atom. The monoisotopic (exact) mass is 396 g/mol. The second-order valence-electron chi connectivity index (χ2n) is 6.29. The highest BCUT2D eigenvalue weighted by molar-refractivity contribution is 5.92. The normalized spacial score (nSPS) is 10.6. The second-order valence-corrected chi connectivity index (χ2v) is 6.29. The first-order valence-electron chi connectivity index (χ1n) is 8.74. The molecule has 0 radical (unpaired) electrons. The van der Waals surface area contributed by atoms with Crippen molar-refractivity contribution in [2.24, 2.45) is 0 Å². The fourth-order valence-electron chi connectivity index (χ4n) is 2.80. The van der Waals surface area contributed by atoms with Gasteiger partial charge in [-0.15, -0.1) is 0 Å². The van der Waals surface area contributed by atoms with Crippen LogP contribution >= 0.6 is 0 Å². The van der Waals surface area contributed by atoms with Gasteiger partial charge in [0, 0.05) is 24.4 Å². The van der Waals surface area contributed by atoms with Crippen LogP contribution < -0.4 is 10.7 Å². The van der Waals surface area contributed by atoms with Crippen molar-refractivity contribution in [3.05, 3.63) is 97.7 Å². The molecule has 29 heavy (non-hydrogen) atoms. The summed E-state index contributed by atoms with van der Waals surface area (Å²) in [4.78, 5) is 35.4. The van der Waals surface area contributed by atoms with Crippen LogP contribution in [0.4, 0.5) is 10.1 Å². The van der Waals surface area contributed by atoms with Gasteiger partial charge in [0.2, 0.25) is 5.43 Å². The Kier molecular flexibility index (Phi) is 5.77. The van der Waals surface area contributed by atoms with Crippen LogP contribution in [-0.4, -0.2) is 27.2 Å². The van der Waals surface area contributed by atoms with E-state index in [1.54, 1.807) is 25.1 Å². The number of para-hydroxylation sites is 2. The highest BCUT2D eigenvalue weighted by Gasteiger charge is 2.19. The number of rotatable bonds is 6. The topological polar surface area (TPSA) is 107 Å². The maximum absolute atomic E-state index is 12.9. The van der Waals surface area contributed by atoms with Crippen LogP contribution in [0.1, 0.15) is 21.7 Å². The largest absolute Gasteiger partial charge is 0.350 e. The minimum atomic E-state index is -0.690. The van der Waals surface area contributed by atoms with E-state index in [4.69, 9.17) is 0 Å². The molecule has 0 aliphatic heterocycles. The molecule has 0 bridgehead atoms. The van der Waals surface area contributed by atoms with Gasteiger partial charge in [0.05, 0.1) is 4.92 Å². The summed E-state index contributed by atoms with van der Waals surface area (Å²) in [6.07, 6.45) is 0.441. The maximum atomic E-state index is 12.9. The van der Waals surface area contributed by atoms with Gasteiger partial charge in [-0.1, -0.05) is 24.3 Å². The van der Waals surface area contributed by atoms with Crippen molar-refractivity contribution < 1.29 is 14.1 Å². The molecule has 0 saturated heterocycles. The number of carbonyl (C=O) groups is 1. The molecule has 1 N–H and O–H groups in total. The van der Waals surface area contributed by atoms with E-state index in [-0.39, 0.29) is 29.4 Å². The van der Waals surface area contributed by atoms with Crippen LogP contribution in [0.5, 0.6) is 0 Å². The molecule has 0 aliphatic rings. The number of aryl methyl sites for hydroxylation is 1. The molecular formula is C20H17FN4O4. The zero-order valence-electron chi connectivity index (χ0n) is 15.5. The zero-order valence-corrected chi connectivity index (χ0v) is 15.5. The summed E-state index contributed by atoms with van der Waals surface area (Å²) in [5, 5.41) is 17.9. The number of nitro benzene ring substituents is 1. The number of hydrogen-bond donors (Lipinski definition) is 1. The number of hydrogen-bond acceptors (Lipinski definition) is 5. The average Bonchev–Trinajstić information content (AvgIpc) is 2.69. The van der Waals surface area contributed by atoms with Crippen molar-refractivity contribution in [2.45, 2.75) is 13.3 Å². The fraction of sp³-hybridized carbons (Fsp3) is 0.150. The predicted octanol–water partition coefficient (Wildman–Crippen LogP) is 2.56. The predicted molar refractivity (Wildman–Crippen MR) is 104 cm³/mol. The Labute approximate surface area is 164 Å². The Balaban J connectivity index is 1.84. The first-order chi connectivity index (χ1) is 13.9. The minimum absolute atomic E-state index is 0.148. The fourth-order valence-corrected chi connectivity index (χ4v) is 2.80. The van der Waals surface area contributed by atoms with E-state index >= 15 is 0 Å². The smallest absolute Gasteiger partial charge is 0.294 e. The van der Waals surface area contributed by atoms with Crippen LogP contribution in [0.15, 0.2) is 59.4 Å². The highest BCUT2D eigenvalue weighted by Crippen LogP contribution is 2.22. The zero-order chi connectivity index (χ0) is 21.0. The molecule has 0 spiro atoms. The summed E-state index contributed by atoms with van der Waals surface area (Å²) in [7, 11) is 0. The van der Waals surface area contributed by atoms with E-state index in [9.17, 15) is 24.1 Å². The molecule has 2 aromatic carbocycles. The van der Waals surface area contributed by atoms with Crippen LogP contribution in [-0.2, 0) is 6.42 Å². The van der Waals surface area contributed by atoms with E-state index in [0.29, 0.717) is 12.1 Å². The third-order valence-electron chi connectivity index (χ3n) is 4.24. The van der Waals surface area contributed by atoms with Gasteiger partial charge in [0.1, 0.15) is 11.5 Å². The first kappa shape index (κ1) is 19.9. The molecule has 3 rings (SSSR count). The van der Waals surface area contributed by atoms with E-state index in [1.807, 2.05) is 0 Å². The Bertz CT molecular complexity index is 1130. The van der Waals surface area contributed by atoms with Gasteiger partial charge in [0.25, 0.3) is 11.6 Å². The van der Waals surface area contributed by atoms with Gasteiger partial charge in [-0.25, -0.2) is 9.07 Å². The van der Waals surface area contributed by atoms with Crippen molar-refractivity contribution in [3.8, 4) is 5.69 Å². The summed E-state index contributed by atoms with van der Waals surface area (Å²) < 4.78 is 14.1. The molecule has 0 unspecified atom stereocenters. The van der Waals surface area contributed by atoms with E-state index in [1.165, 1.54) is 41.1 Å². The first-order valence-corrected chi connectivity index (χ1v) is 8.74. The highest BCUT2D eigenvalue weighted by atomic mass is 19.1. The van der Waals surface area contributed by atoms with Crippen molar-refractivity contribution in [3.63, 3.8) is 0 Å². The number of nitro groups is 1. The number of nitrogens with zero attached hydrogens (tertiary/aromatic N) is 3. The SMILES string of the molecule is Cc1cc(=O)c(C(=O)NCCc2ccc(F)cc2)nn1-c1ccccc1[N+](=O)[O-]. The van der Waals surface area contributed by atoms with Gasteiger partial charge in [0.15, 0.2) is 5.69 Å². The van der Waals surface area contributed by atoms with E-state index < -0.39 is 16.3 Å². The summed E-state index contributed by atoms with van der Waals surface area (Å²) >= 11 is 0. The number of halogens is 1. The Morgan fingerprint density at radius 1 is 1.21 bits per heavy atom. The molecular weight excluding hydrogens is 379 g/mol. The van der Waals surface area contributed by atoms with Crippen LogP contribution in [0.25, 0.3) is 5.69 Å². The molecule has 1 aromatic heterocycles. The summed E-state index contributed by atoms with van der Waals surface area (Å²) in [5.74, 6) is -1.04. The third kappa shape index (κ3) is 4.52. The van der Waals surface area contributed by atoms with Gasteiger partial charge in [-0.05, 0) is 37.1 Å². The van der Waals surface area contributed by atoms with Crippen molar-refractivity contribution >= 4 is 11.6 Å². The number of amides is 1. The molecule has 3 aromatic rings. The lowest BCUT2D eigenvalue weighted by Crippen LogP contribution is -2.33. The van der Waals surface area contributed by atoms with Crippen molar-refractivity contribution in [2.75, 3.05) is 6.54 Å². The third-order valence-corrected chi connectivity index (χ3v) is 4.24. The standard InChI is InChI=1S/C20H17FN4O4/c1-13-12-18(26)19(20(27)22-11-10-14-6-8-15(21)9-7-14)23-24(13)16-4-2-3-5-17(16)25(28)29/h2-9,12H,10-11H2,1H3,(H,22,27). The minimum Gasteiger partial charge on any atom is -0.350 e. The van der Waals surface area contributed by atoms with Gasteiger partial charge >= 0.3 is 0 Å². The van der Waals surface area contributed by atoms with Crippen molar-refractivity contribution in [1.82, 2.24) is 15.1 Å². The van der Waals surface area contributed by atoms with Gasteiger partial charge in [-0.2, -0.15) is 5.10 Å². The summed E-state index contributed by atoms with van der Waals surface area (Å²) in [6.45, 7) is 1.78. The molecule has 0 atom stereocenters. The maximum Gasteiger partial charge on any atom is 0.294 e. The lowest BCUT2D eigenvalue weighted by molar-refractivity contribution is -0.384. The second kappa shape index (κ2) is 8.42. The number of carbonyl (C=O) groups excluding carboxylic acids is 1. The average molecular weight is 396 g/mol. The summed E-state index contributed by atoms with van der Waals surface area (Å²) in [5.41, 5.74) is 0.169. The Hall–Kier alpha value is -3.88. The van der Waals surface area contributed by atoms with Crippen LogP contribution in [0.3, 0.4) is 0 Å². The van der Waals surface area contributed by atoms with Crippen LogP contribution in [0, 0.1) is 22.9 Å². The number of nitrogens with one attached hydrogen (secondary N) is 1. The van der Waals surface area contributed by atoms with E-state index in [2.05, 4.69) is 10.4 Å². The molecule has 9 heteroatoms. The number of benzene rings is 2. The molecule has 1 heterocycles. The summed E-state index contributed by atoms with van der Waals surface area (Å²) in [6, 6.07) is 13.0. The van der Waals surface area contributed by atoms with Gasteiger partial charge < -0.3 is 5.32 Å². The van der Waals surface area contributed by atoms with Gasteiger partial charge in [-0.3, -0.25) is 19.7 Å². The van der Waals surface area contributed by atoms with Crippen LogP contribution in [0.2, 0.25) is 0 Å².